The number of rotatable bonds is 4. The Hall–Kier alpha value is -2.19. The largest absolute Gasteiger partial charge is 0.504 e. The highest BCUT2D eigenvalue weighted by molar-refractivity contribution is 5.98. The van der Waals surface area contributed by atoms with Crippen molar-refractivity contribution in [3.63, 3.8) is 0 Å². The molecule has 2 aliphatic heterocycles. The second-order valence-electron chi connectivity index (χ2n) is 5.90. The topological polar surface area (TPSA) is 179 Å². The van der Waals surface area contributed by atoms with Gasteiger partial charge in [-0.25, -0.2) is 0 Å². The fourth-order valence-corrected chi connectivity index (χ4v) is 2.78. The maximum atomic E-state index is 12.3. The van der Waals surface area contributed by atoms with Crippen molar-refractivity contribution in [3.8, 4) is 17.2 Å². The number of phenolic OH excluding ortho intramolecular Hbond substituents is 1. The number of ether oxygens (including phenoxy) is 4. The molecular weight excluding hydrogens is 370 g/mol. The zero-order chi connectivity index (χ0) is 19.9. The first-order valence-corrected chi connectivity index (χ1v) is 7.85. The molecule has 12 heteroatoms. The number of phenols is 1. The summed E-state index contributed by atoms with van der Waals surface area (Å²) in [5, 5.41) is 58.8. The van der Waals surface area contributed by atoms with Crippen LogP contribution in [0.4, 0.5) is 5.69 Å². The number of aliphatic hydroxyl groups excluding tert-OH is 4. The molecule has 0 spiro atoms. The second kappa shape index (κ2) is 7.44. The van der Waals surface area contributed by atoms with E-state index >= 15 is 0 Å². The zero-order valence-corrected chi connectivity index (χ0v) is 14.0. The van der Waals surface area contributed by atoms with Gasteiger partial charge in [-0.2, -0.15) is 5.06 Å². The third-order valence-electron chi connectivity index (χ3n) is 4.24. The van der Waals surface area contributed by atoms with Crippen molar-refractivity contribution in [2.45, 2.75) is 37.0 Å². The van der Waals surface area contributed by atoms with E-state index in [-0.39, 0.29) is 28.0 Å². The fraction of sp³-hybridized carbons (Fsp3) is 0.533. The first kappa shape index (κ1) is 19.6. The molecular formula is C15H19NO11. The van der Waals surface area contributed by atoms with E-state index in [1.165, 1.54) is 19.2 Å². The number of benzene rings is 1. The van der Waals surface area contributed by atoms with Gasteiger partial charge in [0.2, 0.25) is 5.75 Å². The summed E-state index contributed by atoms with van der Waals surface area (Å²) in [5.74, 6) is -1.81. The number of hydrogen-bond acceptors (Lipinski definition) is 11. The maximum Gasteiger partial charge on any atom is 0.320 e. The minimum absolute atomic E-state index is 0.122. The van der Waals surface area contributed by atoms with Crippen LogP contribution in [0.2, 0.25) is 0 Å². The van der Waals surface area contributed by atoms with Crippen LogP contribution in [0.1, 0.15) is 0 Å². The lowest BCUT2D eigenvalue weighted by Crippen LogP contribution is -2.61. The summed E-state index contributed by atoms with van der Waals surface area (Å²) in [6.45, 7) is -0.694. The lowest BCUT2D eigenvalue weighted by atomic mass is 9.99. The van der Waals surface area contributed by atoms with E-state index in [2.05, 4.69) is 0 Å². The molecule has 6 atom stereocenters. The van der Waals surface area contributed by atoms with Crippen LogP contribution in [0.3, 0.4) is 0 Å². The van der Waals surface area contributed by atoms with Crippen molar-refractivity contribution in [2.24, 2.45) is 0 Å². The fourth-order valence-electron chi connectivity index (χ4n) is 2.78. The van der Waals surface area contributed by atoms with Gasteiger partial charge < -0.3 is 44.5 Å². The van der Waals surface area contributed by atoms with Gasteiger partial charge in [-0.05, 0) is 12.1 Å². The summed E-state index contributed by atoms with van der Waals surface area (Å²) in [6, 6.07) is 2.38. The van der Waals surface area contributed by atoms with Gasteiger partial charge in [0.05, 0.1) is 13.7 Å². The molecule has 0 aromatic heterocycles. The Labute approximate surface area is 152 Å². The first-order valence-electron chi connectivity index (χ1n) is 7.85. The van der Waals surface area contributed by atoms with Gasteiger partial charge >= 0.3 is 5.91 Å². The van der Waals surface area contributed by atoms with E-state index in [1.54, 1.807) is 0 Å². The summed E-state index contributed by atoms with van der Waals surface area (Å²) in [6.07, 6.45) is -9.90. The normalized spacial score (nSPS) is 33.4. The summed E-state index contributed by atoms with van der Waals surface area (Å²) in [4.78, 5) is 12.3. The average molecular weight is 389 g/mol. The molecule has 0 aliphatic carbocycles. The molecule has 1 aromatic rings. The molecule has 1 fully saturated rings. The van der Waals surface area contributed by atoms with Crippen molar-refractivity contribution in [2.75, 3.05) is 18.8 Å². The van der Waals surface area contributed by atoms with Crippen LogP contribution in [-0.2, 0) is 14.3 Å². The number of anilines is 1. The number of hydroxylamine groups is 1. The maximum absolute atomic E-state index is 12.3. The van der Waals surface area contributed by atoms with Gasteiger partial charge in [-0.3, -0.25) is 10.0 Å². The molecule has 6 N–H and O–H groups in total. The van der Waals surface area contributed by atoms with Crippen LogP contribution in [-0.4, -0.2) is 87.4 Å². The molecule has 2 heterocycles. The Kier molecular flexibility index (Phi) is 5.39. The summed E-state index contributed by atoms with van der Waals surface area (Å²) in [7, 11) is 1.23. The molecule has 12 nitrogen and oxygen atoms in total. The van der Waals surface area contributed by atoms with Crippen molar-refractivity contribution >= 4 is 11.6 Å². The number of aromatic hydroxyl groups is 1. The molecule has 1 unspecified atom stereocenters. The van der Waals surface area contributed by atoms with E-state index in [4.69, 9.17) is 18.9 Å². The van der Waals surface area contributed by atoms with E-state index in [9.17, 15) is 35.5 Å². The summed E-state index contributed by atoms with van der Waals surface area (Å²) >= 11 is 0. The monoisotopic (exact) mass is 389 g/mol. The summed E-state index contributed by atoms with van der Waals surface area (Å²) < 4.78 is 20.7. The molecule has 0 radical (unpaired) electrons. The highest BCUT2D eigenvalue weighted by Crippen LogP contribution is 2.46. The quantitative estimate of drug-likeness (QED) is 0.304. The van der Waals surface area contributed by atoms with Crippen LogP contribution < -0.4 is 14.5 Å². The van der Waals surface area contributed by atoms with E-state index < -0.39 is 49.5 Å². The zero-order valence-electron chi connectivity index (χ0n) is 14.0. The molecule has 1 aromatic carbocycles. The molecule has 1 amide bonds. The number of carbonyl (C=O) groups excluding carboxylic acids is 1. The molecule has 150 valence electrons. The van der Waals surface area contributed by atoms with Crippen molar-refractivity contribution < 1.29 is 54.5 Å². The van der Waals surface area contributed by atoms with Crippen LogP contribution in [0.25, 0.3) is 0 Å². The smallest absolute Gasteiger partial charge is 0.320 e. The molecule has 1 saturated heterocycles. The van der Waals surface area contributed by atoms with Crippen LogP contribution >= 0.6 is 0 Å². The average Bonchev–Trinajstić information content (AvgIpc) is 2.66. The second-order valence-corrected chi connectivity index (χ2v) is 5.90. The third kappa shape index (κ3) is 3.27. The molecule has 0 saturated carbocycles. The minimum Gasteiger partial charge on any atom is -0.504 e. The van der Waals surface area contributed by atoms with Gasteiger partial charge in [0.15, 0.2) is 17.8 Å². The van der Waals surface area contributed by atoms with Crippen molar-refractivity contribution in [3.05, 3.63) is 12.1 Å². The van der Waals surface area contributed by atoms with Crippen LogP contribution in [0, 0.1) is 0 Å². The van der Waals surface area contributed by atoms with Gasteiger partial charge in [-0.1, -0.05) is 0 Å². The summed E-state index contributed by atoms with van der Waals surface area (Å²) in [5.41, 5.74) is -0.122. The predicted molar refractivity (Wildman–Crippen MR) is 83.2 cm³/mol. The third-order valence-corrected chi connectivity index (χ3v) is 4.24. The number of amides is 1. The standard InChI is InChI=1S/C15H19NO11/c1-24-12-6(18)3-2-5-11(12)26-15(13(22)16(5)23)27-14-10(21)9(20)8(19)7(4-17)25-14/h2-3,7-10,14-15,17-21,23H,4H2,1H3/t7-,8-,9+,10-,14+,15?/m1/s1. The highest BCUT2D eigenvalue weighted by atomic mass is 16.8. The van der Waals surface area contributed by atoms with E-state index in [1.807, 2.05) is 0 Å². The van der Waals surface area contributed by atoms with Crippen molar-refractivity contribution in [1.82, 2.24) is 0 Å². The van der Waals surface area contributed by atoms with E-state index in [0.29, 0.717) is 0 Å². The minimum atomic E-state index is -1.85. The first-order chi connectivity index (χ1) is 12.8. The number of carbonyl (C=O) groups is 1. The number of fused-ring (bicyclic) bond motifs is 1. The van der Waals surface area contributed by atoms with Gasteiger partial charge in [0.1, 0.15) is 30.1 Å². The number of nitrogens with zero attached hydrogens (tertiary/aromatic N) is 1. The molecule has 27 heavy (non-hydrogen) atoms. The Balaban J connectivity index is 1.86. The van der Waals surface area contributed by atoms with Crippen LogP contribution in [0.15, 0.2) is 12.1 Å². The molecule has 2 aliphatic rings. The number of methoxy groups -OCH3 is 1. The van der Waals surface area contributed by atoms with Gasteiger partial charge in [0, 0.05) is 0 Å². The molecule has 0 bridgehead atoms. The predicted octanol–water partition coefficient (Wildman–Crippen LogP) is -2.34. The lowest BCUT2D eigenvalue weighted by Gasteiger charge is -2.41. The Morgan fingerprint density at radius 1 is 1.19 bits per heavy atom. The number of aliphatic hydroxyl groups is 4. The number of hydrogen-bond donors (Lipinski definition) is 6. The van der Waals surface area contributed by atoms with Gasteiger partial charge in [-0.15, -0.1) is 0 Å². The van der Waals surface area contributed by atoms with Gasteiger partial charge in [0.25, 0.3) is 6.29 Å². The Morgan fingerprint density at radius 2 is 1.89 bits per heavy atom. The van der Waals surface area contributed by atoms with Crippen LogP contribution in [0.5, 0.6) is 17.2 Å². The van der Waals surface area contributed by atoms with Crippen molar-refractivity contribution in [1.29, 1.82) is 0 Å². The lowest BCUT2D eigenvalue weighted by molar-refractivity contribution is -0.323. The highest BCUT2D eigenvalue weighted by Gasteiger charge is 2.47. The Bertz CT molecular complexity index is 711. The van der Waals surface area contributed by atoms with E-state index in [0.717, 1.165) is 0 Å². The SMILES string of the molecule is COc1c(O)ccc2c1OC(O[C@@H]1O[C@H](CO)[C@@H](O)[C@H](O)[C@H]1O)C(=O)N2O. The Morgan fingerprint density at radius 3 is 2.52 bits per heavy atom. The molecule has 3 rings (SSSR count).